The zero-order valence-electron chi connectivity index (χ0n) is 11.7. The number of carboxylic acids is 1. The van der Waals surface area contributed by atoms with Gasteiger partial charge in [0.05, 0.1) is 6.10 Å². The molecule has 1 rings (SSSR count). The summed E-state index contributed by atoms with van der Waals surface area (Å²) < 4.78 is 5.35. The number of amides is 1. The molecule has 0 aromatic heterocycles. The number of aryl methyl sites for hydroxylation is 1. The van der Waals surface area contributed by atoms with Crippen LogP contribution in [0.2, 0.25) is 0 Å². The highest BCUT2D eigenvalue weighted by molar-refractivity contribution is 5.84. The van der Waals surface area contributed by atoms with Crippen molar-refractivity contribution >= 4 is 11.9 Å². The molecule has 0 heterocycles. The van der Waals surface area contributed by atoms with Crippen LogP contribution in [-0.4, -0.2) is 40.8 Å². The molecule has 0 aliphatic rings. The maximum Gasteiger partial charge on any atom is 0.328 e. The molecular weight excluding hydrogens is 262 g/mol. The van der Waals surface area contributed by atoms with Crippen molar-refractivity contribution < 1.29 is 24.5 Å². The van der Waals surface area contributed by atoms with E-state index in [9.17, 15) is 14.7 Å². The lowest BCUT2D eigenvalue weighted by Gasteiger charge is -2.17. The van der Waals surface area contributed by atoms with Crippen molar-refractivity contribution in [3.63, 3.8) is 0 Å². The van der Waals surface area contributed by atoms with Gasteiger partial charge in [0.25, 0.3) is 5.91 Å². The Morgan fingerprint density at radius 2 is 2.00 bits per heavy atom. The quantitative estimate of drug-likeness (QED) is 0.711. The van der Waals surface area contributed by atoms with Crippen molar-refractivity contribution in [2.24, 2.45) is 0 Å². The topological polar surface area (TPSA) is 95.9 Å². The van der Waals surface area contributed by atoms with Crippen LogP contribution in [0.5, 0.6) is 5.75 Å². The molecule has 110 valence electrons. The Morgan fingerprint density at radius 3 is 2.55 bits per heavy atom. The number of nitrogens with one attached hydrogen (secondary N) is 1. The Kier molecular flexibility index (Phi) is 5.52. The van der Waals surface area contributed by atoms with Crippen LogP contribution in [0.15, 0.2) is 18.2 Å². The third-order valence-corrected chi connectivity index (χ3v) is 2.98. The van der Waals surface area contributed by atoms with Gasteiger partial charge in [-0.3, -0.25) is 4.79 Å². The molecule has 0 aliphatic heterocycles. The summed E-state index contributed by atoms with van der Waals surface area (Å²) in [5, 5.41) is 20.3. The van der Waals surface area contributed by atoms with Crippen LogP contribution >= 0.6 is 0 Å². The molecular formula is C14H19NO5. The summed E-state index contributed by atoms with van der Waals surface area (Å²) in [6.45, 7) is 4.79. The highest BCUT2D eigenvalue weighted by Gasteiger charge is 2.25. The molecule has 6 heteroatoms. The number of ether oxygens (including phenoxy) is 1. The number of aliphatic carboxylic acids is 1. The maximum absolute atomic E-state index is 11.6. The van der Waals surface area contributed by atoms with Gasteiger partial charge in [0, 0.05) is 0 Å². The van der Waals surface area contributed by atoms with Gasteiger partial charge >= 0.3 is 5.97 Å². The van der Waals surface area contributed by atoms with E-state index in [1.807, 2.05) is 26.0 Å². The first-order chi connectivity index (χ1) is 9.32. The first kappa shape index (κ1) is 16.0. The predicted molar refractivity (Wildman–Crippen MR) is 72.7 cm³/mol. The number of hydrogen-bond donors (Lipinski definition) is 3. The lowest BCUT2D eigenvalue weighted by molar-refractivity contribution is -0.145. The summed E-state index contributed by atoms with van der Waals surface area (Å²) in [5.41, 5.74) is 1.96. The molecule has 0 bridgehead atoms. The second kappa shape index (κ2) is 6.91. The Hall–Kier alpha value is -2.08. The second-order valence-corrected chi connectivity index (χ2v) is 4.61. The van der Waals surface area contributed by atoms with Crippen molar-refractivity contribution in [3.8, 4) is 5.75 Å². The van der Waals surface area contributed by atoms with E-state index >= 15 is 0 Å². The summed E-state index contributed by atoms with van der Waals surface area (Å²) in [4.78, 5) is 22.5. The van der Waals surface area contributed by atoms with Gasteiger partial charge in [-0.15, -0.1) is 0 Å². The first-order valence-corrected chi connectivity index (χ1v) is 6.22. The first-order valence-electron chi connectivity index (χ1n) is 6.22. The number of carbonyl (C=O) groups excluding carboxylic acids is 1. The zero-order valence-corrected chi connectivity index (χ0v) is 11.7. The van der Waals surface area contributed by atoms with Crippen molar-refractivity contribution in [1.29, 1.82) is 0 Å². The second-order valence-electron chi connectivity index (χ2n) is 4.61. The molecule has 0 aliphatic carbocycles. The Balaban J connectivity index is 2.59. The van der Waals surface area contributed by atoms with Gasteiger partial charge in [-0.25, -0.2) is 4.79 Å². The van der Waals surface area contributed by atoms with Crippen LogP contribution in [0.25, 0.3) is 0 Å². The van der Waals surface area contributed by atoms with Crippen LogP contribution < -0.4 is 10.1 Å². The molecule has 1 aromatic carbocycles. The molecule has 0 fully saturated rings. The Labute approximate surface area is 117 Å². The number of carboxylic acid groups (broad SMARTS) is 1. The average Bonchev–Trinajstić information content (AvgIpc) is 2.37. The number of carbonyl (C=O) groups is 2. The van der Waals surface area contributed by atoms with E-state index < -0.39 is 24.0 Å². The lowest BCUT2D eigenvalue weighted by Crippen LogP contribution is -2.49. The molecule has 0 radical (unpaired) electrons. The molecule has 0 saturated heterocycles. The van der Waals surface area contributed by atoms with Gasteiger partial charge in [-0.2, -0.15) is 0 Å². The zero-order chi connectivity index (χ0) is 15.3. The van der Waals surface area contributed by atoms with E-state index in [1.165, 1.54) is 6.92 Å². The highest BCUT2D eigenvalue weighted by atomic mass is 16.5. The lowest BCUT2D eigenvalue weighted by atomic mass is 10.1. The molecule has 2 atom stereocenters. The molecule has 20 heavy (non-hydrogen) atoms. The Bertz CT molecular complexity index is 498. The molecule has 3 N–H and O–H groups in total. The van der Waals surface area contributed by atoms with E-state index in [0.717, 1.165) is 11.1 Å². The fraction of sp³-hybridized carbons (Fsp3) is 0.429. The van der Waals surface area contributed by atoms with E-state index in [0.29, 0.717) is 5.75 Å². The largest absolute Gasteiger partial charge is 0.483 e. The molecule has 6 nitrogen and oxygen atoms in total. The van der Waals surface area contributed by atoms with Gasteiger partial charge in [0.15, 0.2) is 12.6 Å². The van der Waals surface area contributed by atoms with Crippen LogP contribution in [0.1, 0.15) is 18.1 Å². The standard InChI is InChI=1S/C14H19NO5/c1-8-5-4-6-11(9(8)2)20-7-12(17)15-13(10(3)16)14(18)19/h4-6,10,13,16H,7H2,1-3H3,(H,15,17)(H,18,19)/t10-,13+/m1/s1. The smallest absolute Gasteiger partial charge is 0.328 e. The van der Waals surface area contributed by atoms with Crippen LogP contribution in [0, 0.1) is 13.8 Å². The molecule has 0 spiro atoms. The van der Waals surface area contributed by atoms with Crippen molar-refractivity contribution in [3.05, 3.63) is 29.3 Å². The number of aliphatic hydroxyl groups excluding tert-OH is 1. The molecule has 1 amide bonds. The van der Waals surface area contributed by atoms with Gasteiger partial charge in [0.2, 0.25) is 0 Å². The normalized spacial score (nSPS) is 13.4. The van der Waals surface area contributed by atoms with Crippen molar-refractivity contribution in [2.75, 3.05) is 6.61 Å². The predicted octanol–water partition coefficient (Wildman–Crippen LogP) is 0.632. The summed E-state index contributed by atoms with van der Waals surface area (Å²) in [5.74, 6) is -1.32. The number of benzene rings is 1. The third kappa shape index (κ3) is 4.24. The third-order valence-electron chi connectivity index (χ3n) is 2.98. The number of aliphatic hydroxyl groups is 1. The van der Waals surface area contributed by atoms with Crippen LogP contribution in [-0.2, 0) is 9.59 Å². The van der Waals surface area contributed by atoms with Gasteiger partial charge < -0.3 is 20.3 Å². The number of rotatable bonds is 6. The highest BCUT2D eigenvalue weighted by Crippen LogP contribution is 2.20. The fourth-order valence-electron chi connectivity index (χ4n) is 1.63. The van der Waals surface area contributed by atoms with Crippen molar-refractivity contribution in [1.82, 2.24) is 5.32 Å². The van der Waals surface area contributed by atoms with E-state index in [1.54, 1.807) is 6.07 Å². The number of hydrogen-bond acceptors (Lipinski definition) is 4. The maximum atomic E-state index is 11.6. The molecule has 0 unspecified atom stereocenters. The van der Waals surface area contributed by atoms with Gasteiger partial charge in [0.1, 0.15) is 5.75 Å². The van der Waals surface area contributed by atoms with E-state index in [2.05, 4.69) is 5.32 Å². The SMILES string of the molecule is Cc1cccc(OCC(=O)N[C@H](C(=O)O)[C@@H](C)O)c1C. The van der Waals surface area contributed by atoms with E-state index in [4.69, 9.17) is 9.84 Å². The molecule has 0 saturated carbocycles. The summed E-state index contributed by atoms with van der Waals surface area (Å²) in [6.07, 6.45) is -1.18. The minimum Gasteiger partial charge on any atom is -0.483 e. The fourth-order valence-corrected chi connectivity index (χ4v) is 1.63. The molecule has 1 aromatic rings. The van der Waals surface area contributed by atoms with Gasteiger partial charge in [-0.05, 0) is 38.0 Å². The monoisotopic (exact) mass is 281 g/mol. The average molecular weight is 281 g/mol. The minimum atomic E-state index is -1.34. The van der Waals surface area contributed by atoms with Crippen LogP contribution in [0.3, 0.4) is 0 Å². The summed E-state index contributed by atoms with van der Waals surface area (Å²) in [6, 6.07) is 4.13. The van der Waals surface area contributed by atoms with Crippen LogP contribution in [0.4, 0.5) is 0 Å². The summed E-state index contributed by atoms with van der Waals surface area (Å²) >= 11 is 0. The summed E-state index contributed by atoms with van der Waals surface area (Å²) in [7, 11) is 0. The van der Waals surface area contributed by atoms with Crippen molar-refractivity contribution in [2.45, 2.75) is 32.9 Å². The minimum absolute atomic E-state index is 0.305. The van der Waals surface area contributed by atoms with Gasteiger partial charge in [-0.1, -0.05) is 12.1 Å². The Morgan fingerprint density at radius 1 is 1.35 bits per heavy atom. The van der Waals surface area contributed by atoms with E-state index in [-0.39, 0.29) is 6.61 Å².